The van der Waals surface area contributed by atoms with Crippen LogP contribution in [0.25, 0.3) is 0 Å². The molecule has 0 unspecified atom stereocenters. The molecule has 4 nitrogen and oxygen atoms in total. The van der Waals surface area contributed by atoms with Crippen molar-refractivity contribution in [3.63, 3.8) is 0 Å². The summed E-state index contributed by atoms with van der Waals surface area (Å²) in [6.45, 7) is 0.381. The van der Waals surface area contributed by atoms with Gasteiger partial charge in [0.25, 0.3) is 11.8 Å². The second kappa shape index (κ2) is 8.07. The number of hydrogen-bond donors (Lipinski definition) is 2. The van der Waals surface area contributed by atoms with Crippen LogP contribution in [0.1, 0.15) is 26.3 Å². The van der Waals surface area contributed by atoms with Gasteiger partial charge in [0.1, 0.15) is 5.82 Å². The zero-order chi connectivity index (χ0) is 18.4. The molecule has 3 aromatic rings. The van der Waals surface area contributed by atoms with Crippen molar-refractivity contribution in [3.8, 4) is 0 Å². The Morgan fingerprint density at radius 2 is 1.54 bits per heavy atom. The first kappa shape index (κ1) is 17.4. The maximum atomic E-state index is 13.3. The minimum absolute atomic E-state index is 0.185. The normalized spacial score (nSPS) is 10.2. The molecule has 0 saturated carbocycles. The number of amides is 2. The highest BCUT2D eigenvalue weighted by Crippen LogP contribution is 2.17. The lowest BCUT2D eigenvalue weighted by molar-refractivity contribution is 0.0952. The predicted octanol–water partition coefficient (Wildman–Crippen LogP) is 4.01. The van der Waals surface area contributed by atoms with Crippen molar-refractivity contribution < 1.29 is 14.0 Å². The van der Waals surface area contributed by atoms with Crippen LogP contribution in [0.2, 0.25) is 0 Å². The first-order valence-electron chi connectivity index (χ1n) is 8.11. The lowest BCUT2D eigenvalue weighted by Crippen LogP contribution is -2.24. The minimum atomic E-state index is -0.494. The standard InChI is InChI=1S/C21H17FN2O2/c22-17-10-6-9-16(13-17)20(25)24-19-12-5-4-11-18(19)21(26)23-14-15-7-2-1-3-8-15/h1-13H,14H2,(H,23,26)(H,24,25). The van der Waals surface area contributed by atoms with Crippen LogP contribution in [-0.4, -0.2) is 11.8 Å². The van der Waals surface area contributed by atoms with Crippen molar-refractivity contribution in [2.45, 2.75) is 6.54 Å². The predicted molar refractivity (Wildman–Crippen MR) is 98.4 cm³/mol. The fraction of sp³-hybridized carbons (Fsp3) is 0.0476. The van der Waals surface area contributed by atoms with Gasteiger partial charge in [0, 0.05) is 12.1 Å². The molecule has 3 aromatic carbocycles. The molecule has 0 aliphatic carbocycles. The fourth-order valence-electron chi connectivity index (χ4n) is 2.49. The highest BCUT2D eigenvalue weighted by molar-refractivity contribution is 6.08. The molecule has 0 heterocycles. The van der Waals surface area contributed by atoms with Crippen LogP contribution >= 0.6 is 0 Å². The lowest BCUT2D eigenvalue weighted by atomic mass is 10.1. The van der Waals surface area contributed by atoms with Gasteiger partial charge in [0.15, 0.2) is 0 Å². The van der Waals surface area contributed by atoms with Crippen LogP contribution < -0.4 is 10.6 Å². The molecule has 0 aromatic heterocycles. The highest BCUT2D eigenvalue weighted by Gasteiger charge is 2.14. The van der Waals surface area contributed by atoms with Crippen LogP contribution in [0.5, 0.6) is 0 Å². The zero-order valence-corrected chi connectivity index (χ0v) is 13.9. The molecule has 130 valence electrons. The number of carbonyl (C=O) groups excluding carboxylic acids is 2. The molecule has 0 aliphatic rings. The van der Waals surface area contributed by atoms with Crippen LogP contribution in [0.15, 0.2) is 78.9 Å². The Labute approximate surface area is 150 Å². The van der Waals surface area contributed by atoms with Crippen LogP contribution in [0.4, 0.5) is 10.1 Å². The van der Waals surface area contributed by atoms with Crippen molar-refractivity contribution in [2.75, 3.05) is 5.32 Å². The van der Waals surface area contributed by atoms with Crippen molar-refractivity contribution in [3.05, 3.63) is 101 Å². The van der Waals surface area contributed by atoms with Gasteiger partial charge < -0.3 is 10.6 Å². The summed E-state index contributed by atoms with van der Waals surface area (Å²) >= 11 is 0. The summed E-state index contributed by atoms with van der Waals surface area (Å²) in [5.41, 5.74) is 1.87. The molecule has 0 saturated heterocycles. The van der Waals surface area contributed by atoms with Gasteiger partial charge in [-0.25, -0.2) is 4.39 Å². The summed E-state index contributed by atoms with van der Waals surface area (Å²) in [6, 6.07) is 21.6. The molecule has 0 aliphatic heterocycles. The largest absolute Gasteiger partial charge is 0.348 e. The number of para-hydroxylation sites is 1. The van der Waals surface area contributed by atoms with E-state index in [4.69, 9.17) is 0 Å². The van der Waals surface area contributed by atoms with E-state index >= 15 is 0 Å². The maximum Gasteiger partial charge on any atom is 0.255 e. The summed E-state index contributed by atoms with van der Waals surface area (Å²) in [5.74, 6) is -1.27. The lowest BCUT2D eigenvalue weighted by Gasteiger charge is -2.11. The van der Waals surface area contributed by atoms with Crippen molar-refractivity contribution in [1.82, 2.24) is 5.32 Å². The van der Waals surface area contributed by atoms with E-state index in [2.05, 4.69) is 10.6 Å². The van der Waals surface area contributed by atoms with Crippen LogP contribution in [-0.2, 0) is 6.54 Å². The Morgan fingerprint density at radius 3 is 2.31 bits per heavy atom. The van der Waals surface area contributed by atoms with Gasteiger partial charge in [0.05, 0.1) is 11.3 Å². The molecular weight excluding hydrogens is 331 g/mol. The van der Waals surface area contributed by atoms with E-state index in [9.17, 15) is 14.0 Å². The molecule has 26 heavy (non-hydrogen) atoms. The molecule has 0 fully saturated rings. The van der Waals surface area contributed by atoms with E-state index in [1.807, 2.05) is 30.3 Å². The second-order valence-electron chi connectivity index (χ2n) is 5.68. The third-order valence-electron chi connectivity index (χ3n) is 3.80. The van der Waals surface area contributed by atoms with E-state index < -0.39 is 11.7 Å². The highest BCUT2D eigenvalue weighted by atomic mass is 19.1. The van der Waals surface area contributed by atoms with Crippen molar-refractivity contribution in [1.29, 1.82) is 0 Å². The average molecular weight is 348 g/mol. The summed E-state index contributed by atoms with van der Waals surface area (Å²) in [5, 5.41) is 5.49. The fourth-order valence-corrected chi connectivity index (χ4v) is 2.49. The van der Waals surface area contributed by atoms with E-state index in [1.165, 1.54) is 18.2 Å². The first-order chi connectivity index (χ1) is 12.6. The number of halogens is 1. The SMILES string of the molecule is O=C(Nc1ccccc1C(=O)NCc1ccccc1)c1cccc(F)c1. The number of carbonyl (C=O) groups is 2. The molecule has 2 amide bonds. The quantitative estimate of drug-likeness (QED) is 0.732. The summed E-state index contributed by atoms with van der Waals surface area (Å²) in [6.07, 6.45) is 0. The number of hydrogen-bond acceptors (Lipinski definition) is 2. The minimum Gasteiger partial charge on any atom is -0.348 e. The Morgan fingerprint density at radius 1 is 0.808 bits per heavy atom. The van der Waals surface area contributed by atoms with Gasteiger partial charge in [0.2, 0.25) is 0 Å². The molecule has 0 bridgehead atoms. The Bertz CT molecular complexity index is 926. The third-order valence-corrected chi connectivity index (χ3v) is 3.80. The van der Waals surface area contributed by atoms with Gasteiger partial charge >= 0.3 is 0 Å². The van der Waals surface area contributed by atoms with Gasteiger partial charge in [-0.05, 0) is 35.9 Å². The van der Waals surface area contributed by atoms with Gasteiger partial charge in [-0.15, -0.1) is 0 Å². The molecule has 2 N–H and O–H groups in total. The molecule has 0 spiro atoms. The van der Waals surface area contributed by atoms with E-state index in [1.54, 1.807) is 24.3 Å². The monoisotopic (exact) mass is 348 g/mol. The van der Waals surface area contributed by atoms with Gasteiger partial charge in [-0.2, -0.15) is 0 Å². The van der Waals surface area contributed by atoms with Crippen LogP contribution in [0.3, 0.4) is 0 Å². The number of rotatable bonds is 5. The maximum absolute atomic E-state index is 13.3. The Kier molecular flexibility index (Phi) is 5.39. The van der Waals surface area contributed by atoms with Gasteiger partial charge in [-0.3, -0.25) is 9.59 Å². The topological polar surface area (TPSA) is 58.2 Å². The molecule has 3 rings (SSSR count). The molecule has 0 atom stereocenters. The molecule has 5 heteroatoms. The first-order valence-corrected chi connectivity index (χ1v) is 8.11. The van der Waals surface area contributed by atoms with E-state index in [-0.39, 0.29) is 11.5 Å². The van der Waals surface area contributed by atoms with Gasteiger partial charge in [-0.1, -0.05) is 48.5 Å². The third kappa shape index (κ3) is 4.33. The van der Waals surface area contributed by atoms with E-state index in [0.717, 1.165) is 11.6 Å². The van der Waals surface area contributed by atoms with Crippen LogP contribution in [0, 0.1) is 5.82 Å². The number of benzene rings is 3. The summed E-state index contributed by atoms with van der Waals surface area (Å²) in [7, 11) is 0. The Hall–Kier alpha value is -3.47. The number of anilines is 1. The summed E-state index contributed by atoms with van der Waals surface area (Å²) < 4.78 is 13.3. The Balaban J connectivity index is 1.73. The number of nitrogens with one attached hydrogen (secondary N) is 2. The smallest absolute Gasteiger partial charge is 0.255 e. The van der Waals surface area contributed by atoms with Crippen molar-refractivity contribution >= 4 is 17.5 Å². The average Bonchev–Trinajstić information content (AvgIpc) is 2.67. The molecular formula is C21H17FN2O2. The molecule has 0 radical (unpaired) electrons. The van der Waals surface area contributed by atoms with Crippen molar-refractivity contribution in [2.24, 2.45) is 0 Å². The van der Waals surface area contributed by atoms with E-state index in [0.29, 0.717) is 17.8 Å². The zero-order valence-electron chi connectivity index (χ0n) is 13.9. The summed E-state index contributed by atoms with van der Waals surface area (Å²) in [4.78, 5) is 24.8. The second-order valence-corrected chi connectivity index (χ2v) is 5.68.